The second-order valence-electron chi connectivity index (χ2n) is 5.39. The van der Waals surface area contributed by atoms with Crippen molar-refractivity contribution in [2.75, 3.05) is 17.6 Å². The van der Waals surface area contributed by atoms with Gasteiger partial charge in [-0.15, -0.1) is 11.8 Å². The lowest BCUT2D eigenvalue weighted by atomic mass is 10.4. The molecular formula is C15H16Cl2N4O5S2. The van der Waals surface area contributed by atoms with Crippen LogP contribution in [0.3, 0.4) is 0 Å². The Morgan fingerprint density at radius 1 is 1.39 bits per heavy atom. The number of benzene rings is 1. The van der Waals surface area contributed by atoms with Crippen molar-refractivity contribution in [2.45, 2.75) is 22.9 Å². The number of carboxylic acid groups (broad SMARTS) is 1. The number of anilines is 1. The molecule has 9 nitrogen and oxygen atoms in total. The first-order valence-corrected chi connectivity index (χ1v) is 10.8. The van der Waals surface area contributed by atoms with Crippen LogP contribution in [0.4, 0.5) is 5.82 Å². The average molecular weight is 467 g/mol. The maximum Gasteiger partial charge on any atom is 0.321 e. The molecule has 2 aromatic rings. The number of halogens is 2. The van der Waals surface area contributed by atoms with Crippen LogP contribution < -0.4 is 15.2 Å². The van der Waals surface area contributed by atoms with E-state index in [4.69, 9.17) is 38.8 Å². The summed E-state index contributed by atoms with van der Waals surface area (Å²) >= 11 is 12.9. The summed E-state index contributed by atoms with van der Waals surface area (Å²) in [5, 5.41) is 9.17. The number of hydrogen-bond donors (Lipinski definition) is 3. The number of sulfonamides is 1. The molecule has 1 aromatic heterocycles. The molecule has 0 bridgehead atoms. The number of nitrogens with two attached hydrogens (primary N) is 1. The maximum absolute atomic E-state index is 12.7. The summed E-state index contributed by atoms with van der Waals surface area (Å²) in [6.45, 7) is 1.59. The van der Waals surface area contributed by atoms with Crippen molar-refractivity contribution in [3.63, 3.8) is 0 Å². The van der Waals surface area contributed by atoms with Crippen molar-refractivity contribution in [2.24, 2.45) is 5.73 Å². The van der Waals surface area contributed by atoms with E-state index in [-0.39, 0.29) is 32.4 Å². The highest BCUT2D eigenvalue weighted by molar-refractivity contribution is 7.99. The van der Waals surface area contributed by atoms with Crippen LogP contribution in [0.5, 0.6) is 5.88 Å². The van der Waals surface area contributed by atoms with Gasteiger partial charge < -0.3 is 15.6 Å². The van der Waals surface area contributed by atoms with Gasteiger partial charge in [0.2, 0.25) is 5.82 Å². The molecule has 0 unspecified atom stereocenters. The van der Waals surface area contributed by atoms with Crippen LogP contribution in [0.1, 0.15) is 5.69 Å². The molecule has 2 rings (SSSR count). The molecule has 1 aromatic carbocycles. The van der Waals surface area contributed by atoms with Gasteiger partial charge in [0.05, 0.1) is 22.8 Å². The molecule has 0 fully saturated rings. The van der Waals surface area contributed by atoms with Gasteiger partial charge in [0.1, 0.15) is 16.0 Å². The second kappa shape index (κ2) is 9.14. The highest BCUT2D eigenvalue weighted by Crippen LogP contribution is 2.32. The Labute approximate surface area is 175 Å². The lowest BCUT2D eigenvalue weighted by molar-refractivity contribution is -0.137. The number of carboxylic acids is 1. The third-order valence-corrected chi connectivity index (χ3v) is 6.84. The fraction of sp³-hybridized carbons (Fsp3) is 0.267. The number of ether oxygens (including phenoxy) is 1. The molecule has 0 spiro atoms. The number of thioether (sulfide) groups is 1. The molecule has 0 aliphatic rings. The normalized spacial score (nSPS) is 12.5. The van der Waals surface area contributed by atoms with Gasteiger partial charge in [-0.05, 0) is 19.1 Å². The van der Waals surface area contributed by atoms with Gasteiger partial charge >= 0.3 is 5.97 Å². The zero-order valence-electron chi connectivity index (χ0n) is 14.6. The number of methoxy groups -OCH3 is 1. The molecule has 1 atom stereocenters. The first kappa shape index (κ1) is 22.5. The van der Waals surface area contributed by atoms with E-state index in [9.17, 15) is 13.2 Å². The van der Waals surface area contributed by atoms with Crippen molar-refractivity contribution in [3.8, 4) is 5.88 Å². The van der Waals surface area contributed by atoms with Gasteiger partial charge in [0, 0.05) is 5.75 Å². The average Bonchev–Trinajstić information content (AvgIpc) is 2.62. The Kier molecular flexibility index (Phi) is 7.34. The molecule has 152 valence electrons. The Morgan fingerprint density at radius 2 is 2.07 bits per heavy atom. The Morgan fingerprint density at radius 3 is 2.68 bits per heavy atom. The number of rotatable bonds is 8. The number of carbonyl (C=O) groups is 1. The lowest BCUT2D eigenvalue weighted by Gasteiger charge is -2.14. The first-order valence-electron chi connectivity index (χ1n) is 7.57. The van der Waals surface area contributed by atoms with E-state index < -0.39 is 22.0 Å². The maximum atomic E-state index is 12.7. The predicted molar refractivity (Wildman–Crippen MR) is 107 cm³/mol. The minimum absolute atomic E-state index is 0.0528. The minimum Gasteiger partial charge on any atom is -0.480 e. The van der Waals surface area contributed by atoms with Crippen molar-refractivity contribution >= 4 is 56.8 Å². The molecule has 0 radical (unpaired) electrons. The number of nitrogens with zero attached hydrogens (tertiary/aromatic N) is 2. The van der Waals surface area contributed by atoms with E-state index >= 15 is 0 Å². The molecule has 0 aliphatic carbocycles. The van der Waals surface area contributed by atoms with Crippen LogP contribution in [-0.2, 0) is 14.8 Å². The molecule has 4 N–H and O–H groups in total. The summed E-state index contributed by atoms with van der Waals surface area (Å²) in [6, 6.07) is 3.12. The Balaban J connectivity index is 2.34. The van der Waals surface area contributed by atoms with Crippen LogP contribution in [0.15, 0.2) is 28.1 Å². The molecular weight excluding hydrogens is 451 g/mol. The van der Waals surface area contributed by atoms with Crippen LogP contribution in [0.2, 0.25) is 10.0 Å². The summed E-state index contributed by atoms with van der Waals surface area (Å²) in [4.78, 5) is 19.0. The molecule has 0 saturated heterocycles. The number of aryl methyl sites for hydroxylation is 1. The zero-order valence-corrected chi connectivity index (χ0v) is 17.8. The number of hydrogen-bond acceptors (Lipinski definition) is 8. The second-order valence-corrected chi connectivity index (χ2v) is 8.83. The minimum atomic E-state index is -4.12. The lowest BCUT2D eigenvalue weighted by Crippen LogP contribution is -2.32. The van der Waals surface area contributed by atoms with E-state index in [1.54, 1.807) is 6.92 Å². The van der Waals surface area contributed by atoms with Gasteiger partial charge in [-0.2, -0.15) is 0 Å². The summed E-state index contributed by atoms with van der Waals surface area (Å²) < 4.78 is 32.7. The highest BCUT2D eigenvalue weighted by atomic mass is 35.5. The van der Waals surface area contributed by atoms with Crippen molar-refractivity contribution in [3.05, 3.63) is 33.9 Å². The van der Waals surface area contributed by atoms with Crippen LogP contribution >= 0.6 is 35.0 Å². The molecule has 0 aliphatic heterocycles. The fourth-order valence-electron chi connectivity index (χ4n) is 1.95. The van der Waals surface area contributed by atoms with E-state index in [0.717, 1.165) is 11.8 Å². The number of nitrogens with one attached hydrogen (secondary N) is 1. The third kappa shape index (κ3) is 5.17. The van der Waals surface area contributed by atoms with Crippen LogP contribution in [-0.4, -0.2) is 48.4 Å². The largest absolute Gasteiger partial charge is 0.480 e. The topological polar surface area (TPSA) is 144 Å². The SMILES string of the molecule is COc1nc(SC[C@H](N)C(=O)O)c(C)nc1NS(=O)(=O)c1cccc(Cl)c1Cl. The first-order chi connectivity index (χ1) is 13.1. The highest BCUT2D eigenvalue weighted by Gasteiger charge is 2.24. The molecule has 1 heterocycles. The quantitative estimate of drug-likeness (QED) is 0.499. The monoisotopic (exact) mass is 466 g/mol. The van der Waals surface area contributed by atoms with Crippen molar-refractivity contribution in [1.29, 1.82) is 0 Å². The van der Waals surface area contributed by atoms with Gasteiger partial charge in [0.25, 0.3) is 15.9 Å². The van der Waals surface area contributed by atoms with Crippen LogP contribution in [0.25, 0.3) is 0 Å². The molecule has 13 heteroatoms. The molecule has 0 saturated carbocycles. The van der Waals surface area contributed by atoms with Gasteiger partial charge in [-0.25, -0.2) is 18.4 Å². The summed E-state index contributed by atoms with van der Waals surface area (Å²) in [7, 11) is -2.83. The molecule has 0 amide bonds. The van der Waals surface area contributed by atoms with Crippen molar-refractivity contribution in [1.82, 2.24) is 9.97 Å². The third-order valence-electron chi connectivity index (χ3n) is 3.34. The predicted octanol–water partition coefficient (Wildman–Crippen LogP) is 2.41. The summed E-state index contributed by atoms with van der Waals surface area (Å²) in [6.07, 6.45) is 0. The smallest absolute Gasteiger partial charge is 0.321 e. The van der Waals surface area contributed by atoms with E-state index in [0.29, 0.717) is 10.7 Å². The summed E-state index contributed by atoms with van der Waals surface area (Å²) in [5.41, 5.74) is 5.83. The Bertz CT molecular complexity index is 1000. The van der Waals surface area contributed by atoms with Gasteiger partial charge in [0.15, 0.2) is 0 Å². The zero-order chi connectivity index (χ0) is 21.1. The standard InChI is InChI=1S/C15H16Cl2N4O5S2/c1-7-14(27-6-9(18)15(22)23)20-13(26-2)12(19-7)21-28(24,25)10-5-3-4-8(16)11(10)17/h3-5,9H,6,18H2,1-2H3,(H,19,21)(H,22,23)/t9-/m0/s1. The summed E-state index contributed by atoms with van der Waals surface area (Å²) in [5.74, 6) is -1.34. The van der Waals surface area contributed by atoms with Crippen LogP contribution in [0, 0.1) is 6.92 Å². The molecule has 28 heavy (non-hydrogen) atoms. The number of aromatic nitrogens is 2. The Hall–Kier alpha value is -1.79. The van der Waals surface area contributed by atoms with Gasteiger partial charge in [-0.1, -0.05) is 29.3 Å². The number of aliphatic carboxylic acids is 1. The van der Waals surface area contributed by atoms with Gasteiger partial charge in [-0.3, -0.25) is 9.52 Å². The van der Waals surface area contributed by atoms with E-state index in [2.05, 4.69) is 14.7 Å². The van der Waals surface area contributed by atoms with E-state index in [1.807, 2.05) is 0 Å². The van der Waals surface area contributed by atoms with E-state index in [1.165, 1.54) is 25.3 Å². The fourth-order valence-corrected chi connectivity index (χ4v) is 4.59. The van der Waals surface area contributed by atoms with Crippen molar-refractivity contribution < 1.29 is 23.1 Å².